The second kappa shape index (κ2) is 15.5. The van der Waals surface area contributed by atoms with E-state index in [0.717, 1.165) is 29.9 Å². The molecule has 0 aliphatic heterocycles. The minimum atomic E-state index is -1.59. The maximum atomic E-state index is 13.8. The van der Waals surface area contributed by atoms with Gasteiger partial charge < -0.3 is 9.47 Å². The molecular weight excluding hydrogens is 415 g/mol. The summed E-state index contributed by atoms with van der Waals surface area (Å²) in [5.41, 5.74) is 2.05. The average Bonchev–Trinajstić information content (AvgIpc) is 2.81. The molecule has 33 heavy (non-hydrogen) atoms. The third kappa shape index (κ3) is 10.9. The van der Waals surface area contributed by atoms with Gasteiger partial charge in [0, 0.05) is 0 Å². The molecule has 0 aliphatic carbocycles. The van der Waals surface area contributed by atoms with Gasteiger partial charge in [-0.3, -0.25) is 0 Å². The molecule has 0 aromatic heterocycles. The fraction of sp³-hybridized carbons (Fsp3) is 0.552. The van der Waals surface area contributed by atoms with Gasteiger partial charge in [-0.15, -0.1) is 0 Å². The topological polar surface area (TPSA) is 35.5 Å². The Morgan fingerprint density at radius 2 is 1.24 bits per heavy atom. The van der Waals surface area contributed by atoms with Crippen molar-refractivity contribution in [3.63, 3.8) is 0 Å². The lowest BCUT2D eigenvalue weighted by molar-refractivity contribution is -0.140. The Hall–Kier alpha value is -2.36. The van der Waals surface area contributed by atoms with Crippen LogP contribution in [0.1, 0.15) is 85.0 Å². The highest BCUT2D eigenvalue weighted by Crippen LogP contribution is 2.25. The summed E-state index contributed by atoms with van der Waals surface area (Å²) in [5.74, 6) is 0.510. The van der Waals surface area contributed by atoms with Crippen molar-refractivity contribution in [3.8, 4) is 22.6 Å². The number of esters is 1. The minimum absolute atomic E-state index is 0.104. The number of ether oxygens (including phenoxy) is 2. The number of halogens is 1. The Labute approximate surface area is 199 Å². The number of benzene rings is 2. The largest absolute Gasteiger partial charge is 0.494 e. The molecule has 0 radical (unpaired) electrons. The van der Waals surface area contributed by atoms with Crippen molar-refractivity contribution in [2.24, 2.45) is 5.92 Å². The van der Waals surface area contributed by atoms with Crippen LogP contribution in [0.3, 0.4) is 0 Å². The van der Waals surface area contributed by atoms with Gasteiger partial charge in [-0.25, -0.2) is 9.18 Å². The van der Waals surface area contributed by atoms with Crippen LogP contribution in [0.25, 0.3) is 11.1 Å². The lowest BCUT2D eigenvalue weighted by Crippen LogP contribution is -2.23. The van der Waals surface area contributed by atoms with E-state index in [-0.39, 0.29) is 12.3 Å². The van der Waals surface area contributed by atoms with E-state index in [2.05, 4.69) is 6.92 Å². The van der Waals surface area contributed by atoms with Gasteiger partial charge in [-0.2, -0.15) is 0 Å². The Balaban J connectivity index is 1.69. The lowest BCUT2D eigenvalue weighted by atomic mass is 10.1. The summed E-state index contributed by atoms with van der Waals surface area (Å²) < 4.78 is 24.9. The van der Waals surface area contributed by atoms with Crippen molar-refractivity contribution < 1.29 is 18.7 Å². The van der Waals surface area contributed by atoms with Crippen LogP contribution in [-0.4, -0.2) is 18.7 Å². The highest BCUT2D eigenvalue weighted by molar-refractivity contribution is 5.77. The molecule has 0 heterocycles. The van der Waals surface area contributed by atoms with Crippen LogP contribution in [-0.2, 0) is 4.79 Å². The fourth-order valence-electron chi connectivity index (χ4n) is 3.75. The number of unbranched alkanes of at least 4 members (excludes halogenated alkanes) is 8. The van der Waals surface area contributed by atoms with Crippen molar-refractivity contribution in [1.29, 1.82) is 0 Å². The number of hydrogen-bond donors (Lipinski definition) is 0. The fourth-order valence-corrected chi connectivity index (χ4v) is 3.75. The summed E-state index contributed by atoms with van der Waals surface area (Å²) in [5, 5.41) is 0. The van der Waals surface area contributed by atoms with Gasteiger partial charge in [0.15, 0.2) is 6.17 Å². The standard InChI is InChI=1S/C29H41FO3/c1-4-5-6-7-8-9-10-11-12-21-32-26-17-13-24(14-18-26)25-15-19-27(20-16-25)33-29(31)28(30)22-23(2)3/h13-20,23,28H,4-12,21-22H2,1-3H3. The van der Waals surface area contributed by atoms with Crippen LogP contribution in [0.15, 0.2) is 48.5 Å². The second-order valence-corrected chi connectivity index (χ2v) is 9.24. The van der Waals surface area contributed by atoms with Crippen LogP contribution in [0.2, 0.25) is 0 Å². The number of alkyl halides is 1. The zero-order valence-electron chi connectivity index (χ0n) is 20.7. The summed E-state index contributed by atoms with van der Waals surface area (Å²) in [6.45, 7) is 6.76. The molecule has 182 valence electrons. The summed E-state index contributed by atoms with van der Waals surface area (Å²) in [4.78, 5) is 11.8. The van der Waals surface area contributed by atoms with E-state index >= 15 is 0 Å². The van der Waals surface area contributed by atoms with Gasteiger partial charge in [-0.1, -0.05) is 96.4 Å². The smallest absolute Gasteiger partial charge is 0.346 e. The molecular formula is C29H41FO3. The average molecular weight is 457 g/mol. The van der Waals surface area contributed by atoms with Gasteiger partial charge in [0.1, 0.15) is 11.5 Å². The molecule has 0 saturated heterocycles. The Bertz CT molecular complexity index is 784. The van der Waals surface area contributed by atoms with Crippen LogP contribution in [0.5, 0.6) is 11.5 Å². The predicted octanol–water partition coefficient (Wildman–Crippen LogP) is 8.55. The zero-order chi connectivity index (χ0) is 23.9. The molecule has 2 aromatic rings. The minimum Gasteiger partial charge on any atom is -0.494 e. The molecule has 4 heteroatoms. The maximum Gasteiger partial charge on any atom is 0.346 e. The van der Waals surface area contributed by atoms with E-state index in [1.807, 2.05) is 50.2 Å². The molecule has 2 rings (SSSR count). The van der Waals surface area contributed by atoms with Crippen LogP contribution < -0.4 is 9.47 Å². The molecule has 1 unspecified atom stereocenters. The van der Waals surface area contributed by atoms with Gasteiger partial charge in [0.2, 0.25) is 0 Å². The van der Waals surface area contributed by atoms with Crippen LogP contribution in [0, 0.1) is 5.92 Å². The van der Waals surface area contributed by atoms with Gasteiger partial charge in [0.05, 0.1) is 6.61 Å². The molecule has 3 nitrogen and oxygen atoms in total. The maximum absolute atomic E-state index is 13.8. The van der Waals surface area contributed by atoms with Crippen molar-refractivity contribution >= 4 is 5.97 Å². The Morgan fingerprint density at radius 1 is 0.758 bits per heavy atom. The highest BCUT2D eigenvalue weighted by Gasteiger charge is 2.20. The molecule has 0 bridgehead atoms. The summed E-state index contributed by atoms with van der Waals surface area (Å²) in [6.07, 6.45) is 10.3. The SMILES string of the molecule is CCCCCCCCCCCOc1ccc(-c2ccc(OC(=O)C(F)CC(C)C)cc2)cc1. The first-order valence-corrected chi connectivity index (χ1v) is 12.7. The molecule has 2 aromatic carbocycles. The normalized spacial score (nSPS) is 12.0. The molecule has 0 amide bonds. The number of hydrogen-bond acceptors (Lipinski definition) is 3. The molecule has 0 spiro atoms. The van der Waals surface area contributed by atoms with Crippen molar-refractivity contribution in [1.82, 2.24) is 0 Å². The highest BCUT2D eigenvalue weighted by atomic mass is 19.1. The molecule has 0 saturated carbocycles. The van der Waals surface area contributed by atoms with E-state index < -0.39 is 12.1 Å². The monoisotopic (exact) mass is 456 g/mol. The molecule has 1 atom stereocenters. The molecule has 0 N–H and O–H groups in total. The number of carbonyl (C=O) groups is 1. The van der Waals surface area contributed by atoms with Crippen molar-refractivity contribution in [3.05, 3.63) is 48.5 Å². The van der Waals surface area contributed by atoms with E-state index in [9.17, 15) is 9.18 Å². The lowest BCUT2D eigenvalue weighted by Gasteiger charge is -2.11. The van der Waals surface area contributed by atoms with Crippen molar-refractivity contribution in [2.75, 3.05) is 6.61 Å². The van der Waals surface area contributed by atoms with E-state index in [1.54, 1.807) is 12.1 Å². The first-order chi connectivity index (χ1) is 16.0. The first-order valence-electron chi connectivity index (χ1n) is 12.7. The summed E-state index contributed by atoms with van der Waals surface area (Å²) >= 11 is 0. The van der Waals surface area contributed by atoms with Crippen molar-refractivity contribution in [2.45, 2.75) is 91.2 Å². The predicted molar refractivity (Wildman–Crippen MR) is 135 cm³/mol. The summed E-state index contributed by atoms with van der Waals surface area (Å²) in [6, 6.07) is 15.1. The Kier molecular flexibility index (Phi) is 12.6. The van der Waals surface area contributed by atoms with Gasteiger partial charge >= 0.3 is 5.97 Å². The molecule has 0 fully saturated rings. The third-order valence-electron chi connectivity index (χ3n) is 5.71. The third-order valence-corrected chi connectivity index (χ3v) is 5.71. The zero-order valence-corrected chi connectivity index (χ0v) is 20.7. The van der Waals surface area contributed by atoms with E-state index in [1.165, 1.54) is 51.4 Å². The second-order valence-electron chi connectivity index (χ2n) is 9.24. The first kappa shape index (κ1) is 26.9. The van der Waals surface area contributed by atoms with E-state index in [0.29, 0.717) is 5.75 Å². The number of rotatable bonds is 16. The summed E-state index contributed by atoms with van der Waals surface area (Å²) in [7, 11) is 0. The number of carbonyl (C=O) groups excluding carboxylic acids is 1. The van der Waals surface area contributed by atoms with Crippen LogP contribution >= 0.6 is 0 Å². The molecule has 0 aliphatic rings. The quantitative estimate of drug-likeness (QED) is 0.144. The van der Waals surface area contributed by atoms with E-state index in [4.69, 9.17) is 9.47 Å². The Morgan fingerprint density at radius 3 is 1.76 bits per heavy atom. The van der Waals surface area contributed by atoms with Gasteiger partial charge in [-0.05, 0) is 54.2 Å². The van der Waals surface area contributed by atoms with Gasteiger partial charge in [0.25, 0.3) is 0 Å². The van der Waals surface area contributed by atoms with Crippen LogP contribution in [0.4, 0.5) is 4.39 Å².